The molecule has 0 spiro atoms. The minimum Gasteiger partial charge on any atom is -0.348 e. The third kappa shape index (κ3) is 3.43. The Labute approximate surface area is 114 Å². The predicted molar refractivity (Wildman–Crippen MR) is 73.3 cm³/mol. The Morgan fingerprint density at radius 2 is 2.39 bits per heavy atom. The first kappa shape index (κ1) is 12.8. The number of nitrogens with one attached hydrogen (secondary N) is 1. The average molecular weight is 308 g/mol. The Morgan fingerprint density at radius 3 is 3.06 bits per heavy atom. The topological polar surface area (TPSA) is 46.9 Å². The average Bonchev–Trinajstić information content (AvgIpc) is 2.81. The number of carbonyl (C=O) groups is 1. The van der Waals surface area contributed by atoms with Crippen molar-refractivity contribution in [1.29, 1.82) is 0 Å². The molecule has 0 radical (unpaired) electrons. The highest BCUT2D eigenvalue weighted by Crippen LogP contribution is 2.11. The lowest BCUT2D eigenvalue weighted by molar-refractivity contribution is 0.0936. The van der Waals surface area contributed by atoms with Gasteiger partial charge in [0, 0.05) is 35.0 Å². The lowest BCUT2D eigenvalue weighted by atomic mass is 10.2. The molecule has 1 unspecified atom stereocenters. The molecule has 0 aliphatic rings. The first-order valence-corrected chi connectivity index (χ1v) is 6.46. The van der Waals surface area contributed by atoms with Gasteiger partial charge in [0.05, 0.1) is 6.33 Å². The van der Waals surface area contributed by atoms with Crippen molar-refractivity contribution in [2.24, 2.45) is 0 Å². The second-order valence-corrected chi connectivity index (χ2v) is 5.06. The van der Waals surface area contributed by atoms with Crippen LogP contribution in [0.4, 0.5) is 0 Å². The minimum atomic E-state index is -0.0658. The van der Waals surface area contributed by atoms with Crippen molar-refractivity contribution in [3.63, 3.8) is 0 Å². The van der Waals surface area contributed by atoms with E-state index in [-0.39, 0.29) is 11.9 Å². The molecule has 1 N–H and O–H groups in total. The molecule has 2 aromatic rings. The first-order chi connectivity index (χ1) is 8.65. The maximum atomic E-state index is 12.0. The number of halogens is 1. The van der Waals surface area contributed by atoms with Crippen LogP contribution in [0.1, 0.15) is 17.3 Å². The van der Waals surface area contributed by atoms with Gasteiger partial charge in [-0.25, -0.2) is 4.98 Å². The molecule has 18 heavy (non-hydrogen) atoms. The number of nitrogens with zero attached hydrogens (tertiary/aromatic N) is 2. The van der Waals surface area contributed by atoms with Crippen LogP contribution in [-0.2, 0) is 6.54 Å². The smallest absolute Gasteiger partial charge is 0.251 e. The highest BCUT2D eigenvalue weighted by atomic mass is 79.9. The number of carbonyl (C=O) groups excluding carboxylic acids is 1. The van der Waals surface area contributed by atoms with Crippen molar-refractivity contribution >= 4 is 21.8 Å². The van der Waals surface area contributed by atoms with Gasteiger partial charge in [-0.3, -0.25) is 4.79 Å². The molecule has 1 atom stereocenters. The van der Waals surface area contributed by atoms with Gasteiger partial charge in [-0.15, -0.1) is 0 Å². The van der Waals surface area contributed by atoms with Gasteiger partial charge in [0.15, 0.2) is 0 Å². The van der Waals surface area contributed by atoms with Crippen LogP contribution in [0, 0.1) is 0 Å². The zero-order chi connectivity index (χ0) is 13.0. The van der Waals surface area contributed by atoms with Gasteiger partial charge in [-0.05, 0) is 25.1 Å². The summed E-state index contributed by atoms with van der Waals surface area (Å²) >= 11 is 3.35. The Hall–Kier alpha value is -1.62. The lowest BCUT2D eigenvalue weighted by Gasteiger charge is -2.14. The molecular weight excluding hydrogens is 294 g/mol. The number of benzene rings is 1. The van der Waals surface area contributed by atoms with Crippen molar-refractivity contribution in [2.45, 2.75) is 19.5 Å². The van der Waals surface area contributed by atoms with E-state index in [4.69, 9.17) is 0 Å². The summed E-state index contributed by atoms with van der Waals surface area (Å²) in [5.41, 5.74) is 0.654. The van der Waals surface area contributed by atoms with Gasteiger partial charge >= 0.3 is 0 Å². The second kappa shape index (κ2) is 5.82. The van der Waals surface area contributed by atoms with E-state index in [1.165, 1.54) is 0 Å². The summed E-state index contributed by atoms with van der Waals surface area (Å²) in [6.45, 7) is 2.68. The molecule has 94 valence electrons. The second-order valence-electron chi connectivity index (χ2n) is 4.14. The molecule has 0 bridgehead atoms. The highest BCUT2D eigenvalue weighted by molar-refractivity contribution is 9.10. The summed E-state index contributed by atoms with van der Waals surface area (Å²) < 4.78 is 2.84. The SMILES string of the molecule is CC(Cn1ccnc1)NC(=O)c1cccc(Br)c1. The molecule has 1 aromatic carbocycles. The standard InChI is InChI=1S/C13H14BrN3O/c1-10(8-17-6-5-15-9-17)16-13(18)11-3-2-4-12(14)7-11/h2-7,9-10H,8H2,1H3,(H,16,18). The number of imidazole rings is 1. The summed E-state index contributed by atoms with van der Waals surface area (Å²) in [5, 5.41) is 2.95. The molecular formula is C13H14BrN3O. The van der Waals surface area contributed by atoms with Crippen molar-refractivity contribution in [3.8, 4) is 0 Å². The van der Waals surface area contributed by atoms with E-state index in [1.807, 2.05) is 29.8 Å². The van der Waals surface area contributed by atoms with Crippen molar-refractivity contribution < 1.29 is 4.79 Å². The molecule has 0 aliphatic carbocycles. The summed E-state index contributed by atoms with van der Waals surface area (Å²) in [5.74, 6) is -0.0658. The van der Waals surface area contributed by atoms with Crippen LogP contribution >= 0.6 is 15.9 Å². The van der Waals surface area contributed by atoms with Gasteiger partial charge < -0.3 is 9.88 Å². The zero-order valence-corrected chi connectivity index (χ0v) is 11.6. The van der Waals surface area contributed by atoms with Crippen LogP contribution in [0.5, 0.6) is 0 Å². The van der Waals surface area contributed by atoms with E-state index in [2.05, 4.69) is 26.2 Å². The largest absolute Gasteiger partial charge is 0.348 e. The van der Waals surface area contributed by atoms with Crippen molar-refractivity contribution in [2.75, 3.05) is 0 Å². The summed E-state index contributed by atoms with van der Waals surface area (Å²) in [6, 6.07) is 7.39. The summed E-state index contributed by atoms with van der Waals surface area (Å²) in [4.78, 5) is 15.9. The zero-order valence-electron chi connectivity index (χ0n) is 10.0. The van der Waals surface area contributed by atoms with Gasteiger partial charge in [0.1, 0.15) is 0 Å². The van der Waals surface area contributed by atoms with Crippen LogP contribution < -0.4 is 5.32 Å². The van der Waals surface area contributed by atoms with Crippen LogP contribution in [0.25, 0.3) is 0 Å². The molecule has 4 nitrogen and oxygen atoms in total. The quantitative estimate of drug-likeness (QED) is 0.943. The number of aromatic nitrogens is 2. The molecule has 1 amide bonds. The highest BCUT2D eigenvalue weighted by Gasteiger charge is 2.10. The van der Waals surface area contributed by atoms with Crippen LogP contribution in [0.15, 0.2) is 47.5 Å². The van der Waals surface area contributed by atoms with Crippen molar-refractivity contribution in [1.82, 2.24) is 14.9 Å². The fourth-order valence-electron chi connectivity index (χ4n) is 1.69. The molecule has 0 aliphatic heterocycles. The number of amides is 1. The molecule has 1 heterocycles. The van der Waals surface area contributed by atoms with E-state index in [9.17, 15) is 4.79 Å². The normalized spacial score (nSPS) is 12.1. The Kier molecular flexibility index (Phi) is 4.15. The molecule has 0 saturated heterocycles. The number of hydrogen-bond acceptors (Lipinski definition) is 2. The fourth-order valence-corrected chi connectivity index (χ4v) is 2.09. The minimum absolute atomic E-state index is 0.0469. The first-order valence-electron chi connectivity index (χ1n) is 5.67. The Bertz CT molecular complexity index is 525. The monoisotopic (exact) mass is 307 g/mol. The van der Waals surface area contributed by atoms with E-state index in [0.29, 0.717) is 12.1 Å². The Balaban J connectivity index is 1.95. The number of rotatable bonds is 4. The lowest BCUT2D eigenvalue weighted by Crippen LogP contribution is -2.35. The van der Waals surface area contributed by atoms with Gasteiger partial charge in [-0.2, -0.15) is 0 Å². The van der Waals surface area contributed by atoms with Crippen molar-refractivity contribution in [3.05, 3.63) is 53.0 Å². The van der Waals surface area contributed by atoms with Crippen LogP contribution in [0.2, 0.25) is 0 Å². The molecule has 5 heteroatoms. The maximum absolute atomic E-state index is 12.0. The predicted octanol–water partition coefficient (Wildman–Crippen LogP) is 2.46. The van der Waals surface area contributed by atoms with Gasteiger partial charge in [0.25, 0.3) is 5.91 Å². The molecule has 1 aromatic heterocycles. The Morgan fingerprint density at radius 1 is 1.56 bits per heavy atom. The van der Waals surface area contributed by atoms with E-state index < -0.39 is 0 Å². The molecule has 0 saturated carbocycles. The van der Waals surface area contributed by atoms with Crippen LogP contribution in [0.3, 0.4) is 0 Å². The fraction of sp³-hybridized carbons (Fsp3) is 0.231. The van der Waals surface area contributed by atoms with Crippen LogP contribution in [-0.4, -0.2) is 21.5 Å². The summed E-state index contributed by atoms with van der Waals surface area (Å²) in [6.07, 6.45) is 5.34. The molecule has 0 fully saturated rings. The van der Waals surface area contributed by atoms with E-state index in [0.717, 1.165) is 4.47 Å². The molecule has 2 rings (SSSR count). The van der Waals surface area contributed by atoms with E-state index >= 15 is 0 Å². The third-order valence-electron chi connectivity index (χ3n) is 2.51. The third-order valence-corrected chi connectivity index (χ3v) is 3.00. The van der Waals surface area contributed by atoms with Gasteiger partial charge in [-0.1, -0.05) is 22.0 Å². The van der Waals surface area contributed by atoms with Gasteiger partial charge in [0.2, 0.25) is 0 Å². The van der Waals surface area contributed by atoms with E-state index in [1.54, 1.807) is 24.7 Å². The maximum Gasteiger partial charge on any atom is 0.251 e. The summed E-state index contributed by atoms with van der Waals surface area (Å²) in [7, 11) is 0. The number of hydrogen-bond donors (Lipinski definition) is 1.